The number of aromatic nitrogens is 1. The first kappa shape index (κ1) is 23.5. The number of hydrogen-bond donors (Lipinski definition) is 2. The van der Waals surface area contributed by atoms with Gasteiger partial charge in [0.2, 0.25) is 0 Å². The maximum atomic E-state index is 13.2. The number of anilines is 1. The number of likely N-dealkylation sites (tertiary alicyclic amines) is 1. The summed E-state index contributed by atoms with van der Waals surface area (Å²) in [5, 5.41) is 3.59. The van der Waals surface area contributed by atoms with Crippen molar-refractivity contribution in [2.24, 2.45) is 0 Å². The van der Waals surface area contributed by atoms with E-state index in [-0.39, 0.29) is 11.7 Å². The van der Waals surface area contributed by atoms with Crippen molar-refractivity contribution in [1.82, 2.24) is 9.47 Å². The summed E-state index contributed by atoms with van der Waals surface area (Å²) in [5.41, 5.74) is 4.65. The zero-order valence-corrected chi connectivity index (χ0v) is 20.2. The van der Waals surface area contributed by atoms with E-state index >= 15 is 0 Å². The van der Waals surface area contributed by atoms with Crippen molar-refractivity contribution in [1.29, 1.82) is 0 Å². The topological polar surface area (TPSA) is 71.4 Å². The molecule has 0 saturated carbocycles. The van der Waals surface area contributed by atoms with E-state index in [1.165, 1.54) is 12.8 Å². The van der Waals surface area contributed by atoms with Gasteiger partial charge < -0.3 is 14.8 Å². The number of thiol groups is 1. The lowest BCUT2D eigenvalue weighted by Gasteiger charge is -2.17. The Morgan fingerprint density at radius 1 is 1.03 bits per heavy atom. The second-order valence-corrected chi connectivity index (χ2v) is 9.77. The van der Waals surface area contributed by atoms with Crippen LogP contribution in [0.5, 0.6) is 0 Å². The molecule has 1 fully saturated rings. The number of carbonyl (C=O) groups excluding carboxylic acids is 1. The van der Waals surface area contributed by atoms with Crippen LogP contribution in [0.1, 0.15) is 34.3 Å². The zero-order chi connectivity index (χ0) is 23.4. The Kier molecular flexibility index (Phi) is 7.53. The smallest absolute Gasteiger partial charge is 0.257 e. The molecule has 0 unspecified atom stereocenters. The van der Waals surface area contributed by atoms with Gasteiger partial charge in [-0.25, -0.2) is 8.42 Å². The first-order chi connectivity index (χ1) is 15.9. The van der Waals surface area contributed by atoms with Crippen LogP contribution < -0.4 is 5.32 Å². The minimum Gasteiger partial charge on any atom is -0.345 e. The van der Waals surface area contributed by atoms with Gasteiger partial charge in [-0.2, -0.15) is 0 Å². The van der Waals surface area contributed by atoms with E-state index in [1.54, 1.807) is 24.3 Å². The number of hydrogen-bond acceptors (Lipinski definition) is 4. The fourth-order valence-corrected chi connectivity index (χ4v) is 5.11. The monoisotopic (exact) mass is 485 g/mol. The van der Waals surface area contributed by atoms with E-state index < -0.39 is 10.7 Å². The predicted octanol–water partition coefficient (Wildman–Crippen LogP) is 4.58. The van der Waals surface area contributed by atoms with Crippen molar-refractivity contribution in [2.75, 3.05) is 25.0 Å². The molecule has 1 amide bonds. The van der Waals surface area contributed by atoms with Crippen LogP contribution in [0.3, 0.4) is 0 Å². The lowest BCUT2D eigenvalue weighted by atomic mass is 10.1. The first-order valence-corrected chi connectivity index (χ1v) is 12.9. The van der Waals surface area contributed by atoms with Crippen LogP contribution in [0.15, 0.2) is 54.7 Å². The molecule has 174 valence electrons. The van der Waals surface area contributed by atoms with Crippen LogP contribution in [0, 0.1) is 6.92 Å². The second kappa shape index (κ2) is 10.5. The first-order valence-electron chi connectivity index (χ1n) is 11.1. The van der Waals surface area contributed by atoms with Gasteiger partial charge in [0, 0.05) is 35.6 Å². The highest BCUT2D eigenvalue weighted by atomic mass is 35.5. The average molecular weight is 486 g/mol. The molecule has 3 aromatic rings. The Hall–Kier alpha value is -2.61. The summed E-state index contributed by atoms with van der Waals surface area (Å²) in [7, 11) is -2.48. The molecule has 6 nitrogen and oxygen atoms in total. The Balaban J connectivity index is 1.61. The molecule has 4 rings (SSSR count). The third-order valence-electron chi connectivity index (χ3n) is 6.08. The normalized spacial score (nSPS) is 14.2. The van der Waals surface area contributed by atoms with Crippen LogP contribution in [0.4, 0.5) is 5.69 Å². The summed E-state index contributed by atoms with van der Waals surface area (Å²) in [5.74, 6) is -0.215. The molecular formula is C25H28ClN3O3S. The second-order valence-electron chi connectivity index (χ2n) is 8.38. The summed E-state index contributed by atoms with van der Waals surface area (Å²) in [4.78, 5) is 15.6. The molecule has 0 aliphatic carbocycles. The van der Waals surface area contributed by atoms with Crippen LogP contribution >= 0.6 is 11.6 Å². The van der Waals surface area contributed by atoms with E-state index in [1.807, 2.05) is 37.4 Å². The third-order valence-corrected chi connectivity index (χ3v) is 7.04. The average Bonchev–Trinajstić information content (AvgIpc) is 3.41. The van der Waals surface area contributed by atoms with E-state index in [0.717, 1.165) is 43.0 Å². The minimum atomic E-state index is -2.48. The van der Waals surface area contributed by atoms with Crippen molar-refractivity contribution in [2.45, 2.75) is 32.1 Å². The molecule has 33 heavy (non-hydrogen) atoms. The number of benzene rings is 2. The summed E-state index contributed by atoms with van der Waals surface area (Å²) in [6, 6.07) is 14.6. The molecule has 0 radical (unpaired) electrons. The number of halogens is 1. The third kappa shape index (κ3) is 5.66. The quantitative estimate of drug-likeness (QED) is 0.458. The molecule has 1 aliphatic rings. The Morgan fingerprint density at radius 2 is 1.73 bits per heavy atom. The van der Waals surface area contributed by atoms with Crippen molar-refractivity contribution in [3.63, 3.8) is 0 Å². The van der Waals surface area contributed by atoms with Gasteiger partial charge in [-0.05, 0) is 62.2 Å². The molecule has 0 atom stereocenters. The summed E-state index contributed by atoms with van der Waals surface area (Å²) >= 11 is 6.53. The van der Waals surface area contributed by atoms with Crippen LogP contribution in [-0.4, -0.2) is 43.4 Å². The fraction of sp³-hybridized carbons (Fsp3) is 0.320. The van der Waals surface area contributed by atoms with Gasteiger partial charge in [0.25, 0.3) is 5.91 Å². The van der Waals surface area contributed by atoms with Crippen LogP contribution in [0.25, 0.3) is 11.3 Å². The van der Waals surface area contributed by atoms with Crippen molar-refractivity contribution in [3.8, 4) is 11.3 Å². The molecule has 1 saturated heterocycles. The predicted molar refractivity (Wildman–Crippen MR) is 134 cm³/mol. The lowest BCUT2D eigenvalue weighted by Crippen LogP contribution is -2.24. The van der Waals surface area contributed by atoms with Gasteiger partial charge in [-0.3, -0.25) is 4.79 Å². The Labute approximate surface area is 201 Å². The minimum absolute atomic E-state index is 0.0102. The Morgan fingerprint density at radius 3 is 2.39 bits per heavy atom. The summed E-state index contributed by atoms with van der Waals surface area (Å²) in [6.45, 7) is 5.89. The number of nitrogens with zero attached hydrogens (tertiary/aromatic N) is 2. The number of nitrogens with one attached hydrogen (secondary N) is 1. The maximum Gasteiger partial charge on any atom is 0.257 e. The van der Waals surface area contributed by atoms with Crippen LogP contribution in [0.2, 0.25) is 5.02 Å². The standard InChI is InChI=1S/C25H28ClN3O3S/c1-18-22(25(30)27-20-10-8-19(9-11-20)17-33(31)32)16-29(15-14-28-12-4-5-13-28)24(18)21-6-2-3-7-23(21)26/h2-3,6-11,16,33H,4-5,12-15,17H2,1H3,(H,27,30). The van der Waals surface area contributed by atoms with E-state index in [9.17, 15) is 13.2 Å². The van der Waals surface area contributed by atoms with Crippen molar-refractivity contribution < 1.29 is 13.2 Å². The Bertz CT molecular complexity index is 1200. The van der Waals surface area contributed by atoms with E-state index in [0.29, 0.717) is 21.8 Å². The van der Waals surface area contributed by atoms with Gasteiger partial charge >= 0.3 is 0 Å². The molecule has 2 aromatic carbocycles. The fourth-order valence-electron chi connectivity index (χ4n) is 4.37. The van der Waals surface area contributed by atoms with E-state index in [4.69, 9.17) is 11.6 Å². The number of carbonyl (C=O) groups is 1. The molecule has 0 bridgehead atoms. The molecule has 1 N–H and O–H groups in total. The van der Waals surface area contributed by atoms with Crippen LogP contribution in [-0.2, 0) is 23.0 Å². The van der Waals surface area contributed by atoms with Crippen molar-refractivity contribution in [3.05, 3.63) is 76.4 Å². The highest BCUT2D eigenvalue weighted by molar-refractivity contribution is 7.71. The number of amides is 1. The molecular weight excluding hydrogens is 458 g/mol. The van der Waals surface area contributed by atoms with Gasteiger partial charge in [0.1, 0.15) is 10.7 Å². The summed E-state index contributed by atoms with van der Waals surface area (Å²) in [6.07, 6.45) is 4.38. The van der Waals surface area contributed by atoms with Gasteiger partial charge in [-0.15, -0.1) is 0 Å². The highest BCUT2D eigenvalue weighted by Gasteiger charge is 2.21. The van der Waals surface area contributed by atoms with Gasteiger partial charge in [0.05, 0.1) is 17.0 Å². The molecule has 2 heterocycles. The molecule has 0 spiro atoms. The maximum absolute atomic E-state index is 13.2. The van der Waals surface area contributed by atoms with Gasteiger partial charge in [0.15, 0.2) is 0 Å². The molecule has 1 aliphatic heterocycles. The van der Waals surface area contributed by atoms with Gasteiger partial charge in [-0.1, -0.05) is 41.9 Å². The summed E-state index contributed by atoms with van der Waals surface area (Å²) < 4.78 is 24.0. The van der Waals surface area contributed by atoms with Crippen molar-refractivity contribution >= 4 is 33.9 Å². The molecule has 1 aromatic heterocycles. The lowest BCUT2D eigenvalue weighted by molar-refractivity contribution is 0.102. The SMILES string of the molecule is Cc1c(C(=O)Nc2ccc(C[SH](=O)=O)cc2)cn(CCN2CCCC2)c1-c1ccccc1Cl. The largest absolute Gasteiger partial charge is 0.345 e. The number of rotatable bonds is 8. The highest BCUT2D eigenvalue weighted by Crippen LogP contribution is 2.33. The molecule has 8 heteroatoms. The zero-order valence-electron chi connectivity index (χ0n) is 18.6. The van der Waals surface area contributed by atoms with E-state index in [2.05, 4.69) is 14.8 Å².